The summed E-state index contributed by atoms with van der Waals surface area (Å²) in [4.78, 5) is 27.0. The molecule has 7 nitrogen and oxygen atoms in total. The van der Waals surface area contributed by atoms with Crippen LogP contribution in [0.25, 0.3) is 0 Å². The van der Waals surface area contributed by atoms with Crippen molar-refractivity contribution >= 4 is 39.1 Å². The predicted octanol–water partition coefficient (Wildman–Crippen LogP) is 3.39. The number of benzene rings is 2. The molecule has 0 aliphatic heterocycles. The lowest BCUT2D eigenvalue weighted by atomic mass is 10.0. The second-order valence-corrected chi connectivity index (χ2v) is 10.3. The van der Waals surface area contributed by atoms with Crippen molar-refractivity contribution in [3.8, 4) is 0 Å². The Morgan fingerprint density at radius 3 is 2.19 bits per heavy atom. The van der Waals surface area contributed by atoms with Crippen molar-refractivity contribution in [2.24, 2.45) is 0 Å². The van der Waals surface area contributed by atoms with Crippen molar-refractivity contribution in [2.75, 3.05) is 24.2 Å². The molecule has 2 aromatic rings. The number of nitrogens with zero attached hydrogens (tertiary/aromatic N) is 2. The van der Waals surface area contributed by atoms with Crippen LogP contribution < -0.4 is 9.62 Å². The predicted molar refractivity (Wildman–Crippen MR) is 128 cm³/mol. The van der Waals surface area contributed by atoms with Gasteiger partial charge in [-0.25, -0.2) is 8.42 Å². The third-order valence-corrected chi connectivity index (χ3v) is 6.56. The number of anilines is 1. The van der Waals surface area contributed by atoms with Crippen molar-refractivity contribution in [3.63, 3.8) is 0 Å². The van der Waals surface area contributed by atoms with Crippen LogP contribution >= 0.6 is 11.6 Å². The maximum absolute atomic E-state index is 13.3. The molecule has 0 aromatic heterocycles. The van der Waals surface area contributed by atoms with Gasteiger partial charge in [-0.15, -0.1) is 0 Å². The van der Waals surface area contributed by atoms with Gasteiger partial charge in [0.2, 0.25) is 21.8 Å². The monoisotopic (exact) mass is 479 g/mol. The van der Waals surface area contributed by atoms with Gasteiger partial charge < -0.3 is 10.2 Å². The minimum atomic E-state index is -3.75. The standard InChI is InChI=1S/C23H30ClN3O4S/c1-16(2)19-9-11-21(12-10-19)27(32(5,30)31)15-22(28)26(17(3)23(29)25-4)14-18-7-6-8-20(24)13-18/h6-13,16-17H,14-15H2,1-5H3,(H,25,29)/t17-/m1/s1. The number of rotatable bonds is 9. The van der Waals surface area contributed by atoms with Crippen LogP contribution in [-0.4, -0.2) is 51.0 Å². The van der Waals surface area contributed by atoms with Crippen LogP contribution in [0.15, 0.2) is 48.5 Å². The van der Waals surface area contributed by atoms with E-state index in [4.69, 9.17) is 11.6 Å². The molecule has 0 heterocycles. The highest BCUT2D eigenvalue weighted by Gasteiger charge is 2.29. The molecule has 0 spiro atoms. The number of sulfonamides is 1. The minimum absolute atomic E-state index is 0.109. The molecular formula is C23H30ClN3O4S. The molecule has 2 aromatic carbocycles. The smallest absolute Gasteiger partial charge is 0.244 e. The van der Waals surface area contributed by atoms with Crippen molar-refractivity contribution in [1.82, 2.24) is 10.2 Å². The number of halogens is 1. The zero-order valence-corrected chi connectivity index (χ0v) is 20.6. The topological polar surface area (TPSA) is 86.8 Å². The van der Waals surface area contributed by atoms with Gasteiger partial charge in [0.1, 0.15) is 12.6 Å². The Kier molecular flexibility index (Phi) is 8.69. The first kappa shape index (κ1) is 25.7. The Balaban J connectivity index is 2.37. The van der Waals surface area contributed by atoms with E-state index in [1.165, 1.54) is 11.9 Å². The van der Waals surface area contributed by atoms with Crippen LogP contribution in [0.3, 0.4) is 0 Å². The molecule has 0 saturated carbocycles. The summed E-state index contributed by atoms with van der Waals surface area (Å²) < 4.78 is 26.1. The fraction of sp³-hybridized carbons (Fsp3) is 0.391. The van der Waals surface area contributed by atoms with Crippen molar-refractivity contribution in [1.29, 1.82) is 0 Å². The average Bonchev–Trinajstić information content (AvgIpc) is 2.74. The Morgan fingerprint density at radius 1 is 1.06 bits per heavy atom. The average molecular weight is 480 g/mol. The van der Waals surface area contributed by atoms with E-state index < -0.39 is 28.5 Å². The van der Waals surface area contributed by atoms with Gasteiger partial charge in [-0.05, 0) is 48.2 Å². The van der Waals surface area contributed by atoms with E-state index in [0.717, 1.165) is 21.7 Å². The number of nitrogens with one attached hydrogen (secondary N) is 1. The Morgan fingerprint density at radius 2 is 1.69 bits per heavy atom. The van der Waals surface area contributed by atoms with Crippen LogP contribution in [-0.2, 0) is 26.2 Å². The summed E-state index contributed by atoms with van der Waals surface area (Å²) in [5.41, 5.74) is 2.18. The molecule has 0 bridgehead atoms. The van der Waals surface area contributed by atoms with E-state index in [1.54, 1.807) is 43.3 Å². The molecule has 9 heteroatoms. The van der Waals surface area contributed by atoms with E-state index in [9.17, 15) is 18.0 Å². The first-order valence-corrected chi connectivity index (χ1v) is 12.5. The van der Waals surface area contributed by atoms with Crippen LogP contribution in [0.2, 0.25) is 5.02 Å². The summed E-state index contributed by atoms with van der Waals surface area (Å²) >= 11 is 6.07. The summed E-state index contributed by atoms with van der Waals surface area (Å²) in [5.74, 6) is -0.564. The molecule has 174 valence electrons. The van der Waals surface area contributed by atoms with Crippen molar-refractivity contribution in [3.05, 3.63) is 64.7 Å². The van der Waals surface area contributed by atoms with E-state index in [-0.39, 0.29) is 12.5 Å². The highest BCUT2D eigenvalue weighted by atomic mass is 35.5. The SMILES string of the molecule is CNC(=O)[C@@H](C)N(Cc1cccc(Cl)c1)C(=O)CN(c1ccc(C(C)C)cc1)S(C)(=O)=O. The maximum Gasteiger partial charge on any atom is 0.244 e. The quantitative estimate of drug-likeness (QED) is 0.597. The summed E-state index contributed by atoms with van der Waals surface area (Å²) in [5, 5.41) is 3.04. The number of carbonyl (C=O) groups excluding carboxylic acids is 2. The second-order valence-electron chi connectivity index (χ2n) is 7.96. The van der Waals surface area contributed by atoms with Gasteiger partial charge in [0.05, 0.1) is 11.9 Å². The molecule has 2 amide bonds. The van der Waals surface area contributed by atoms with Crippen LogP contribution in [0, 0.1) is 0 Å². The lowest BCUT2D eigenvalue weighted by molar-refractivity contribution is -0.139. The number of hydrogen-bond donors (Lipinski definition) is 1. The second kappa shape index (κ2) is 10.8. The maximum atomic E-state index is 13.3. The van der Waals surface area contributed by atoms with Gasteiger partial charge in [0.15, 0.2) is 0 Å². The summed E-state index contributed by atoms with van der Waals surface area (Å²) in [6.45, 7) is 5.37. The van der Waals surface area contributed by atoms with Crippen molar-refractivity contribution < 1.29 is 18.0 Å². The molecule has 0 fully saturated rings. The lowest BCUT2D eigenvalue weighted by Crippen LogP contribution is -2.50. The number of amides is 2. The molecule has 32 heavy (non-hydrogen) atoms. The fourth-order valence-corrected chi connectivity index (χ4v) is 4.33. The molecule has 0 saturated heterocycles. The third kappa shape index (κ3) is 6.71. The van der Waals surface area contributed by atoms with E-state index in [2.05, 4.69) is 5.32 Å². The van der Waals surface area contributed by atoms with Gasteiger partial charge in [-0.2, -0.15) is 0 Å². The molecule has 0 aliphatic carbocycles. The Bertz CT molecular complexity index is 1060. The fourth-order valence-electron chi connectivity index (χ4n) is 3.26. The molecule has 0 unspecified atom stereocenters. The molecule has 2 rings (SSSR count). The number of likely N-dealkylation sites (N-methyl/N-ethyl adjacent to an activating group) is 1. The molecule has 1 N–H and O–H groups in total. The van der Waals surface area contributed by atoms with Gasteiger partial charge in [0.25, 0.3) is 0 Å². The summed E-state index contributed by atoms with van der Waals surface area (Å²) in [6, 6.07) is 13.2. The van der Waals surface area contributed by atoms with Gasteiger partial charge in [0, 0.05) is 18.6 Å². The van der Waals surface area contributed by atoms with E-state index in [1.807, 2.05) is 26.0 Å². The molecule has 1 atom stereocenters. The highest BCUT2D eigenvalue weighted by Crippen LogP contribution is 2.23. The van der Waals surface area contributed by atoms with E-state index >= 15 is 0 Å². The van der Waals surface area contributed by atoms with Gasteiger partial charge in [-0.3, -0.25) is 13.9 Å². The minimum Gasteiger partial charge on any atom is -0.357 e. The Hall–Kier alpha value is -2.58. The molecular weight excluding hydrogens is 450 g/mol. The number of carbonyl (C=O) groups is 2. The molecule has 0 aliphatic rings. The lowest BCUT2D eigenvalue weighted by Gasteiger charge is -2.31. The first-order valence-electron chi connectivity index (χ1n) is 10.3. The summed E-state index contributed by atoms with van der Waals surface area (Å²) in [6.07, 6.45) is 1.06. The van der Waals surface area contributed by atoms with Crippen LogP contribution in [0.4, 0.5) is 5.69 Å². The zero-order chi connectivity index (χ0) is 24.1. The third-order valence-electron chi connectivity index (χ3n) is 5.18. The van der Waals surface area contributed by atoms with Crippen LogP contribution in [0.5, 0.6) is 0 Å². The number of hydrogen-bond acceptors (Lipinski definition) is 4. The highest BCUT2D eigenvalue weighted by molar-refractivity contribution is 7.92. The largest absolute Gasteiger partial charge is 0.357 e. The molecule has 0 radical (unpaired) electrons. The van der Waals surface area contributed by atoms with Crippen LogP contribution in [0.1, 0.15) is 37.8 Å². The van der Waals surface area contributed by atoms with Crippen molar-refractivity contribution in [2.45, 2.75) is 39.3 Å². The van der Waals surface area contributed by atoms with E-state index in [0.29, 0.717) is 16.6 Å². The van der Waals surface area contributed by atoms with Gasteiger partial charge in [-0.1, -0.05) is 49.7 Å². The summed E-state index contributed by atoms with van der Waals surface area (Å²) in [7, 11) is -2.26. The Labute approximate surface area is 195 Å². The van der Waals surface area contributed by atoms with Gasteiger partial charge >= 0.3 is 0 Å². The zero-order valence-electron chi connectivity index (χ0n) is 19.0. The first-order chi connectivity index (χ1) is 14.9. The normalized spacial score (nSPS) is 12.3.